The van der Waals surface area contributed by atoms with E-state index < -0.39 is 11.9 Å². The van der Waals surface area contributed by atoms with E-state index in [1.54, 1.807) is 0 Å². The Morgan fingerprint density at radius 2 is 1.93 bits per heavy atom. The lowest BCUT2D eigenvalue weighted by Gasteiger charge is -2.45. The van der Waals surface area contributed by atoms with Crippen molar-refractivity contribution in [3.8, 4) is 0 Å². The van der Waals surface area contributed by atoms with Crippen molar-refractivity contribution >= 4 is 5.97 Å². The molecule has 0 aromatic carbocycles. The summed E-state index contributed by atoms with van der Waals surface area (Å²) in [5.74, 6) is 1.57. The van der Waals surface area contributed by atoms with Crippen LogP contribution in [0.4, 0.5) is 0 Å². The molecule has 1 aliphatic heterocycles. The highest BCUT2D eigenvalue weighted by Gasteiger charge is 2.53. The minimum absolute atomic E-state index is 0.101. The molecule has 2 saturated carbocycles. The van der Waals surface area contributed by atoms with E-state index in [0.29, 0.717) is 23.2 Å². The predicted molar refractivity (Wildman–Crippen MR) is 106 cm³/mol. The van der Waals surface area contributed by atoms with E-state index in [0.717, 1.165) is 32.1 Å². The molecular weight excluding hydrogens is 340 g/mol. The van der Waals surface area contributed by atoms with Crippen molar-refractivity contribution in [3.05, 3.63) is 0 Å². The van der Waals surface area contributed by atoms with Gasteiger partial charge in [0.25, 0.3) is 0 Å². The Bertz CT molecular complexity index is 553. The van der Waals surface area contributed by atoms with Gasteiger partial charge in [0.2, 0.25) is 6.29 Å². The number of aliphatic hydroxyl groups is 1. The van der Waals surface area contributed by atoms with Crippen LogP contribution in [0.3, 0.4) is 0 Å². The zero-order chi connectivity index (χ0) is 20.0. The van der Waals surface area contributed by atoms with Gasteiger partial charge >= 0.3 is 5.97 Å². The van der Waals surface area contributed by atoms with Crippen LogP contribution in [-0.2, 0) is 14.3 Å². The second-order valence-electron chi connectivity index (χ2n) is 11.1. The zero-order valence-electron chi connectivity index (χ0n) is 18.2. The molecule has 3 rings (SSSR count). The molecule has 1 heterocycles. The molecule has 156 valence electrons. The lowest BCUT2D eigenvalue weighted by molar-refractivity contribution is -0.155. The van der Waals surface area contributed by atoms with Crippen LogP contribution >= 0.6 is 0 Å². The lowest BCUT2D eigenvalue weighted by Crippen LogP contribution is -2.41. The van der Waals surface area contributed by atoms with Gasteiger partial charge in [-0.25, -0.2) is 4.79 Å². The van der Waals surface area contributed by atoms with Gasteiger partial charge in [-0.05, 0) is 68.6 Å². The molecule has 0 radical (unpaired) electrons. The number of fused-ring (bicyclic) bond motifs is 1. The maximum absolute atomic E-state index is 12.4. The van der Waals surface area contributed by atoms with Crippen LogP contribution < -0.4 is 0 Å². The van der Waals surface area contributed by atoms with Crippen LogP contribution in [0.15, 0.2) is 0 Å². The van der Waals surface area contributed by atoms with Crippen LogP contribution in [0, 0.1) is 28.6 Å². The second-order valence-corrected chi connectivity index (χ2v) is 11.1. The standard InChI is InChI=1S/C23H40O4/c1-15(16-11-12-17-18(24)10-8-13-22(16,17)5)9-7-14-23(6)19(25)26-20(27-23)21(2,3)4/h15-18,20,24H,7-14H2,1-6H3/t15-,16-,17?,18?,20-,22+,23-/m1/s1. The minimum Gasteiger partial charge on any atom is -0.433 e. The van der Waals surface area contributed by atoms with E-state index in [2.05, 4.69) is 13.8 Å². The van der Waals surface area contributed by atoms with Gasteiger partial charge in [-0.3, -0.25) is 0 Å². The molecule has 27 heavy (non-hydrogen) atoms. The maximum Gasteiger partial charge on any atom is 0.340 e. The van der Waals surface area contributed by atoms with Crippen molar-refractivity contribution in [2.45, 2.75) is 111 Å². The number of rotatable bonds is 5. The number of cyclic esters (lactones) is 1. The van der Waals surface area contributed by atoms with Crippen LogP contribution in [0.25, 0.3) is 0 Å². The molecule has 0 bridgehead atoms. The number of hydrogen-bond acceptors (Lipinski definition) is 4. The van der Waals surface area contributed by atoms with Crippen molar-refractivity contribution in [2.24, 2.45) is 28.6 Å². The van der Waals surface area contributed by atoms with Crippen molar-refractivity contribution in [1.82, 2.24) is 0 Å². The van der Waals surface area contributed by atoms with Gasteiger partial charge in [-0.2, -0.15) is 0 Å². The molecule has 3 aliphatic rings. The SMILES string of the molecule is C[C@H](CCC[C@@]1(C)O[C@H](C(C)(C)C)OC1=O)[C@H]1CCC2C(O)CCC[C@]21C. The van der Waals surface area contributed by atoms with Gasteiger partial charge in [0, 0.05) is 5.41 Å². The van der Waals surface area contributed by atoms with Gasteiger partial charge < -0.3 is 14.6 Å². The average molecular weight is 381 g/mol. The Balaban J connectivity index is 1.54. The summed E-state index contributed by atoms with van der Waals surface area (Å²) in [4.78, 5) is 12.4. The average Bonchev–Trinajstić information content (AvgIpc) is 3.06. The predicted octanol–water partition coefficient (Wildman–Crippen LogP) is 5.07. The molecule has 7 atom stereocenters. The van der Waals surface area contributed by atoms with Crippen LogP contribution in [0.1, 0.15) is 92.9 Å². The quantitative estimate of drug-likeness (QED) is 0.676. The molecule has 0 aromatic heterocycles. The first-order valence-electron chi connectivity index (χ1n) is 11.0. The summed E-state index contributed by atoms with van der Waals surface area (Å²) >= 11 is 0. The summed E-state index contributed by atoms with van der Waals surface area (Å²) in [7, 11) is 0. The van der Waals surface area contributed by atoms with E-state index in [-0.39, 0.29) is 17.5 Å². The topological polar surface area (TPSA) is 55.8 Å². The van der Waals surface area contributed by atoms with Crippen molar-refractivity contribution < 1.29 is 19.4 Å². The monoisotopic (exact) mass is 380 g/mol. The van der Waals surface area contributed by atoms with Crippen LogP contribution in [0.2, 0.25) is 0 Å². The lowest BCUT2D eigenvalue weighted by atomic mass is 9.61. The first kappa shape index (κ1) is 21.1. The van der Waals surface area contributed by atoms with Gasteiger partial charge in [0.05, 0.1) is 6.10 Å². The second kappa shape index (κ2) is 7.33. The summed E-state index contributed by atoms with van der Waals surface area (Å²) in [6.45, 7) is 12.8. The molecule has 4 heteroatoms. The van der Waals surface area contributed by atoms with Crippen molar-refractivity contribution in [1.29, 1.82) is 0 Å². The molecule has 0 aromatic rings. The number of aliphatic hydroxyl groups excluding tert-OH is 1. The molecule has 3 fully saturated rings. The third-order valence-corrected chi connectivity index (χ3v) is 7.88. The molecule has 1 N–H and O–H groups in total. The largest absolute Gasteiger partial charge is 0.433 e. The van der Waals surface area contributed by atoms with E-state index in [1.165, 1.54) is 19.3 Å². The molecule has 2 aliphatic carbocycles. The number of ether oxygens (including phenoxy) is 2. The summed E-state index contributed by atoms with van der Waals surface area (Å²) in [5.41, 5.74) is -0.710. The van der Waals surface area contributed by atoms with E-state index in [1.807, 2.05) is 27.7 Å². The maximum atomic E-state index is 12.4. The normalized spacial score (nSPS) is 43.4. The van der Waals surface area contributed by atoms with E-state index >= 15 is 0 Å². The summed E-state index contributed by atoms with van der Waals surface area (Å²) in [5, 5.41) is 10.4. The van der Waals surface area contributed by atoms with Gasteiger partial charge in [0.1, 0.15) is 0 Å². The Hall–Kier alpha value is -0.610. The van der Waals surface area contributed by atoms with E-state index in [4.69, 9.17) is 9.47 Å². The first-order chi connectivity index (χ1) is 12.5. The molecular formula is C23H40O4. The third-order valence-electron chi connectivity index (χ3n) is 7.88. The van der Waals surface area contributed by atoms with Crippen LogP contribution in [0.5, 0.6) is 0 Å². The van der Waals surface area contributed by atoms with Gasteiger partial charge in [0.15, 0.2) is 5.60 Å². The van der Waals surface area contributed by atoms with Crippen molar-refractivity contribution in [3.63, 3.8) is 0 Å². The molecule has 2 unspecified atom stereocenters. The zero-order valence-corrected chi connectivity index (χ0v) is 18.2. The molecule has 0 spiro atoms. The molecule has 0 amide bonds. The number of carbonyl (C=O) groups is 1. The Labute approximate surface area is 165 Å². The van der Waals surface area contributed by atoms with Crippen molar-refractivity contribution in [2.75, 3.05) is 0 Å². The van der Waals surface area contributed by atoms with Gasteiger partial charge in [-0.1, -0.05) is 47.5 Å². The first-order valence-corrected chi connectivity index (χ1v) is 11.0. The smallest absolute Gasteiger partial charge is 0.340 e. The molecule has 1 saturated heterocycles. The Morgan fingerprint density at radius 3 is 2.56 bits per heavy atom. The summed E-state index contributed by atoms with van der Waals surface area (Å²) in [6, 6.07) is 0. The fourth-order valence-electron chi connectivity index (χ4n) is 6.13. The highest BCUT2D eigenvalue weighted by molar-refractivity contribution is 5.80. The fraction of sp³-hybridized carbons (Fsp3) is 0.957. The van der Waals surface area contributed by atoms with Crippen LogP contribution in [-0.4, -0.2) is 29.1 Å². The highest BCUT2D eigenvalue weighted by atomic mass is 16.8. The van der Waals surface area contributed by atoms with E-state index in [9.17, 15) is 9.90 Å². The number of esters is 1. The Morgan fingerprint density at radius 1 is 1.22 bits per heavy atom. The minimum atomic E-state index is -0.805. The summed E-state index contributed by atoms with van der Waals surface area (Å²) < 4.78 is 11.6. The molecule has 4 nitrogen and oxygen atoms in total. The fourth-order valence-corrected chi connectivity index (χ4v) is 6.13. The third kappa shape index (κ3) is 3.94. The number of carbonyl (C=O) groups excluding carboxylic acids is 1. The highest BCUT2D eigenvalue weighted by Crippen LogP contribution is 2.58. The Kier molecular flexibility index (Phi) is 5.73. The number of hydrogen-bond donors (Lipinski definition) is 1. The van der Waals surface area contributed by atoms with Gasteiger partial charge in [-0.15, -0.1) is 0 Å². The summed E-state index contributed by atoms with van der Waals surface area (Å²) in [6.07, 6.45) is 8.05.